The number of nitrogens with one attached hydrogen (secondary N) is 1. The molecular formula is C25H26BrNO5. The molecule has 1 aliphatic carbocycles. The lowest BCUT2D eigenvalue weighted by Crippen LogP contribution is -2.51. The van der Waals surface area contributed by atoms with Gasteiger partial charge in [0, 0.05) is 21.6 Å². The third-order valence-corrected chi connectivity index (χ3v) is 7.13. The minimum Gasteiger partial charge on any atom is -0.469 e. The van der Waals surface area contributed by atoms with Crippen LogP contribution in [0, 0.1) is 18.3 Å². The zero-order valence-corrected chi connectivity index (χ0v) is 19.7. The van der Waals surface area contributed by atoms with Gasteiger partial charge in [-0.15, -0.1) is 0 Å². The van der Waals surface area contributed by atoms with Crippen molar-refractivity contribution in [1.29, 1.82) is 0 Å². The molecule has 7 heteroatoms. The van der Waals surface area contributed by atoms with Crippen LogP contribution in [0.25, 0.3) is 0 Å². The number of hydrogen-bond donors (Lipinski definition) is 1. The Bertz CT molecular complexity index is 1040. The van der Waals surface area contributed by atoms with Gasteiger partial charge in [0.1, 0.15) is 11.7 Å². The SMILES string of the molecule is COC(=O)C1([C@H]2c3cc(Br)ccc3OC(=O)[C@H]2C(=O)Nc2ccc(C)cc2)CCCCC1. The maximum Gasteiger partial charge on any atom is 0.324 e. The van der Waals surface area contributed by atoms with Gasteiger partial charge < -0.3 is 14.8 Å². The molecule has 2 aliphatic rings. The first kappa shape index (κ1) is 22.5. The van der Waals surface area contributed by atoms with Crippen LogP contribution < -0.4 is 10.1 Å². The van der Waals surface area contributed by atoms with E-state index in [-0.39, 0.29) is 5.97 Å². The Balaban J connectivity index is 1.82. The standard InChI is InChI=1S/C25H26BrNO5/c1-15-6-9-17(10-7-15)27-22(28)20-21(25(24(30)31-2)12-4-3-5-13-25)18-14-16(26)8-11-19(18)32-23(20)29/h6-11,14,20-21H,3-5,12-13H2,1-2H3,(H,27,28)/t20-,21+/m1/s1. The topological polar surface area (TPSA) is 81.7 Å². The lowest BCUT2D eigenvalue weighted by atomic mass is 9.59. The second-order valence-corrected chi connectivity index (χ2v) is 9.54. The highest BCUT2D eigenvalue weighted by Gasteiger charge is 2.57. The number of methoxy groups -OCH3 is 1. The molecule has 0 saturated heterocycles. The normalized spacial score (nSPS) is 21.8. The smallest absolute Gasteiger partial charge is 0.324 e. The van der Waals surface area contributed by atoms with Crippen LogP contribution in [0.4, 0.5) is 5.69 Å². The predicted molar refractivity (Wildman–Crippen MR) is 123 cm³/mol. The molecule has 1 amide bonds. The lowest BCUT2D eigenvalue weighted by molar-refractivity contribution is -0.162. The Morgan fingerprint density at radius 2 is 1.78 bits per heavy atom. The molecule has 0 aromatic heterocycles. The Hall–Kier alpha value is -2.67. The van der Waals surface area contributed by atoms with Crippen molar-refractivity contribution in [3.8, 4) is 5.75 Å². The highest BCUT2D eigenvalue weighted by Crippen LogP contribution is 2.55. The first-order chi connectivity index (χ1) is 15.4. The molecule has 2 aromatic carbocycles. The molecule has 0 bridgehead atoms. The molecule has 32 heavy (non-hydrogen) atoms. The van der Waals surface area contributed by atoms with Crippen LogP contribution in [0.1, 0.15) is 49.1 Å². The van der Waals surface area contributed by atoms with Crippen LogP contribution in [-0.2, 0) is 19.1 Å². The number of fused-ring (bicyclic) bond motifs is 1. The minimum atomic E-state index is -1.17. The summed E-state index contributed by atoms with van der Waals surface area (Å²) in [7, 11) is 1.36. The van der Waals surface area contributed by atoms with Crippen molar-refractivity contribution in [3.05, 3.63) is 58.1 Å². The van der Waals surface area contributed by atoms with Crippen LogP contribution in [0.5, 0.6) is 5.75 Å². The zero-order valence-electron chi connectivity index (χ0n) is 18.2. The minimum absolute atomic E-state index is 0.379. The van der Waals surface area contributed by atoms with Gasteiger partial charge in [0.05, 0.1) is 12.5 Å². The average molecular weight is 500 g/mol. The number of halogens is 1. The number of amides is 1. The number of ether oxygens (including phenoxy) is 2. The summed E-state index contributed by atoms with van der Waals surface area (Å²) in [5.74, 6) is -2.98. The number of hydrogen-bond acceptors (Lipinski definition) is 5. The molecule has 168 valence electrons. The number of aryl methyl sites for hydroxylation is 1. The van der Waals surface area contributed by atoms with Crippen molar-refractivity contribution >= 4 is 39.5 Å². The summed E-state index contributed by atoms with van der Waals surface area (Å²) in [6, 6.07) is 12.7. The number of carbonyl (C=O) groups is 3. The van der Waals surface area contributed by atoms with E-state index < -0.39 is 29.1 Å². The molecule has 2 atom stereocenters. The Morgan fingerprint density at radius 1 is 1.09 bits per heavy atom. The second-order valence-electron chi connectivity index (χ2n) is 8.62. The molecule has 2 aromatic rings. The number of esters is 2. The fraction of sp³-hybridized carbons (Fsp3) is 0.400. The van der Waals surface area contributed by atoms with Gasteiger partial charge in [-0.1, -0.05) is 52.9 Å². The van der Waals surface area contributed by atoms with Gasteiger partial charge in [-0.2, -0.15) is 0 Å². The van der Waals surface area contributed by atoms with E-state index in [1.54, 1.807) is 24.3 Å². The average Bonchev–Trinajstić information content (AvgIpc) is 2.79. The lowest BCUT2D eigenvalue weighted by Gasteiger charge is -2.45. The van der Waals surface area contributed by atoms with Crippen LogP contribution in [0.15, 0.2) is 46.9 Å². The molecule has 0 radical (unpaired) electrons. The Morgan fingerprint density at radius 3 is 2.44 bits per heavy atom. The summed E-state index contributed by atoms with van der Waals surface area (Å²) in [5.41, 5.74) is 1.35. The van der Waals surface area contributed by atoms with E-state index in [0.717, 1.165) is 29.3 Å². The summed E-state index contributed by atoms with van der Waals surface area (Å²) in [5, 5.41) is 2.85. The summed E-state index contributed by atoms with van der Waals surface area (Å²) in [4.78, 5) is 39.9. The first-order valence-electron chi connectivity index (χ1n) is 10.8. The van der Waals surface area contributed by atoms with Gasteiger partial charge in [-0.3, -0.25) is 14.4 Å². The van der Waals surface area contributed by atoms with Crippen molar-refractivity contribution in [2.75, 3.05) is 12.4 Å². The largest absolute Gasteiger partial charge is 0.469 e. The maximum absolute atomic E-state index is 13.5. The molecule has 1 heterocycles. The summed E-state index contributed by atoms with van der Waals surface area (Å²) >= 11 is 3.49. The summed E-state index contributed by atoms with van der Waals surface area (Å²) in [6.45, 7) is 1.96. The van der Waals surface area contributed by atoms with Gasteiger partial charge in [0.2, 0.25) is 5.91 Å². The van der Waals surface area contributed by atoms with Crippen LogP contribution in [0.3, 0.4) is 0 Å². The number of benzene rings is 2. The van der Waals surface area contributed by atoms with E-state index in [0.29, 0.717) is 29.8 Å². The van der Waals surface area contributed by atoms with Gasteiger partial charge in [-0.05, 0) is 50.1 Å². The molecule has 0 spiro atoms. The fourth-order valence-corrected chi connectivity index (χ4v) is 5.48. The van der Waals surface area contributed by atoms with Gasteiger partial charge in [0.15, 0.2) is 0 Å². The summed E-state index contributed by atoms with van der Waals surface area (Å²) in [6.07, 6.45) is 3.77. The summed E-state index contributed by atoms with van der Waals surface area (Å²) < 4.78 is 11.6. The molecule has 1 aliphatic heterocycles. The van der Waals surface area contributed by atoms with Crippen molar-refractivity contribution < 1.29 is 23.9 Å². The molecule has 1 fully saturated rings. The quantitative estimate of drug-likeness (QED) is 0.357. The molecule has 1 N–H and O–H groups in total. The predicted octanol–water partition coefficient (Wildman–Crippen LogP) is 5.14. The van der Waals surface area contributed by atoms with Crippen LogP contribution in [-0.4, -0.2) is 25.0 Å². The first-order valence-corrected chi connectivity index (χ1v) is 11.6. The molecular weight excluding hydrogens is 474 g/mol. The molecule has 0 unspecified atom stereocenters. The van der Waals surface area contributed by atoms with E-state index >= 15 is 0 Å². The van der Waals surface area contributed by atoms with Crippen LogP contribution in [0.2, 0.25) is 0 Å². The second kappa shape index (κ2) is 9.06. The Kier molecular flexibility index (Phi) is 6.38. The number of rotatable bonds is 4. The fourth-order valence-electron chi connectivity index (χ4n) is 5.10. The third kappa shape index (κ3) is 4.06. The highest BCUT2D eigenvalue weighted by molar-refractivity contribution is 9.10. The van der Waals surface area contributed by atoms with Crippen molar-refractivity contribution in [2.45, 2.75) is 44.9 Å². The highest BCUT2D eigenvalue weighted by atomic mass is 79.9. The van der Waals surface area contributed by atoms with Crippen LogP contribution >= 0.6 is 15.9 Å². The molecule has 6 nitrogen and oxygen atoms in total. The van der Waals surface area contributed by atoms with Crippen molar-refractivity contribution in [3.63, 3.8) is 0 Å². The molecule has 1 saturated carbocycles. The number of anilines is 1. The number of carbonyl (C=O) groups excluding carboxylic acids is 3. The zero-order chi connectivity index (χ0) is 22.9. The van der Waals surface area contributed by atoms with Gasteiger partial charge in [0.25, 0.3) is 0 Å². The van der Waals surface area contributed by atoms with Gasteiger partial charge >= 0.3 is 11.9 Å². The van der Waals surface area contributed by atoms with E-state index in [1.165, 1.54) is 7.11 Å². The van der Waals surface area contributed by atoms with Crippen molar-refractivity contribution in [1.82, 2.24) is 0 Å². The molecule has 4 rings (SSSR count). The van der Waals surface area contributed by atoms with E-state index in [4.69, 9.17) is 9.47 Å². The van der Waals surface area contributed by atoms with E-state index in [1.807, 2.05) is 25.1 Å². The maximum atomic E-state index is 13.5. The van der Waals surface area contributed by atoms with Gasteiger partial charge in [-0.25, -0.2) is 0 Å². The van der Waals surface area contributed by atoms with Crippen molar-refractivity contribution in [2.24, 2.45) is 11.3 Å². The Labute approximate surface area is 195 Å². The monoisotopic (exact) mass is 499 g/mol. The van der Waals surface area contributed by atoms with E-state index in [2.05, 4.69) is 21.2 Å². The third-order valence-electron chi connectivity index (χ3n) is 6.64. The van der Waals surface area contributed by atoms with E-state index in [9.17, 15) is 14.4 Å².